The maximum absolute atomic E-state index is 5.95. The molecule has 0 saturated carbocycles. The van der Waals surface area contributed by atoms with Crippen LogP contribution < -0.4 is 5.73 Å². The molecule has 2 aromatic heterocycles. The molecule has 0 saturated heterocycles. The summed E-state index contributed by atoms with van der Waals surface area (Å²) in [5, 5.41) is 0. The lowest BCUT2D eigenvalue weighted by Crippen LogP contribution is -2.32. The molecule has 6 heteroatoms. The Morgan fingerprint density at radius 3 is 2.84 bits per heavy atom. The molecule has 0 bridgehead atoms. The van der Waals surface area contributed by atoms with Crippen LogP contribution in [0.25, 0.3) is 0 Å². The van der Waals surface area contributed by atoms with Gasteiger partial charge in [0, 0.05) is 38.7 Å². The molecule has 0 aliphatic heterocycles. The lowest BCUT2D eigenvalue weighted by Gasteiger charge is -2.27. The largest absolute Gasteiger partial charge is 0.337 e. The van der Waals surface area contributed by atoms with Crippen molar-refractivity contribution in [3.8, 4) is 0 Å². The van der Waals surface area contributed by atoms with Crippen LogP contribution in [0.1, 0.15) is 24.5 Å². The Balaban J connectivity index is 2.15. The van der Waals surface area contributed by atoms with Gasteiger partial charge < -0.3 is 14.9 Å². The van der Waals surface area contributed by atoms with E-state index in [1.54, 1.807) is 0 Å². The first-order chi connectivity index (χ1) is 9.17. The molecular weight excluding hydrogens is 240 g/mol. The zero-order valence-electron chi connectivity index (χ0n) is 11.8. The number of rotatable bonds is 6. The van der Waals surface area contributed by atoms with Crippen molar-refractivity contribution in [1.29, 1.82) is 0 Å². The van der Waals surface area contributed by atoms with Gasteiger partial charge in [-0.15, -0.1) is 0 Å². The number of hydrogen-bond acceptors (Lipinski definition) is 4. The molecule has 104 valence electrons. The van der Waals surface area contributed by atoms with Crippen molar-refractivity contribution in [2.45, 2.75) is 26.1 Å². The minimum absolute atomic E-state index is 0.152. The van der Waals surface area contributed by atoms with E-state index in [0.29, 0.717) is 6.54 Å². The molecular formula is C13H22N6. The van der Waals surface area contributed by atoms with E-state index in [1.165, 1.54) is 0 Å². The second-order valence-corrected chi connectivity index (χ2v) is 4.73. The van der Waals surface area contributed by atoms with Crippen LogP contribution in [0.5, 0.6) is 0 Å². The summed E-state index contributed by atoms with van der Waals surface area (Å²) in [6, 6.07) is 0.152. The van der Waals surface area contributed by atoms with E-state index >= 15 is 0 Å². The maximum Gasteiger partial charge on any atom is 0.122 e. The molecule has 2 heterocycles. The van der Waals surface area contributed by atoms with Gasteiger partial charge in [-0.25, -0.2) is 9.97 Å². The average molecular weight is 262 g/mol. The van der Waals surface area contributed by atoms with Gasteiger partial charge in [0.25, 0.3) is 0 Å². The highest BCUT2D eigenvalue weighted by molar-refractivity contribution is 5.07. The Kier molecular flexibility index (Phi) is 4.34. The SMILES string of the molecule is CCn1cncc1C(CN)N(C)Cc1nccn1C. The molecule has 0 aliphatic carbocycles. The molecule has 1 unspecified atom stereocenters. The smallest absolute Gasteiger partial charge is 0.122 e. The average Bonchev–Trinajstić information content (AvgIpc) is 3.00. The minimum Gasteiger partial charge on any atom is -0.337 e. The zero-order valence-corrected chi connectivity index (χ0v) is 11.8. The van der Waals surface area contributed by atoms with Gasteiger partial charge in [-0.3, -0.25) is 4.90 Å². The second-order valence-electron chi connectivity index (χ2n) is 4.73. The minimum atomic E-state index is 0.152. The molecule has 0 fully saturated rings. The van der Waals surface area contributed by atoms with Crippen LogP contribution in [0.2, 0.25) is 0 Å². The van der Waals surface area contributed by atoms with Crippen LogP contribution in [0, 0.1) is 0 Å². The van der Waals surface area contributed by atoms with Gasteiger partial charge in [0.05, 0.1) is 24.6 Å². The normalized spacial score (nSPS) is 13.1. The first-order valence-corrected chi connectivity index (χ1v) is 6.53. The van der Waals surface area contributed by atoms with Crippen molar-refractivity contribution >= 4 is 0 Å². The number of aryl methyl sites for hydroxylation is 2. The van der Waals surface area contributed by atoms with Crippen molar-refractivity contribution in [1.82, 2.24) is 24.0 Å². The van der Waals surface area contributed by atoms with Crippen LogP contribution in [0.3, 0.4) is 0 Å². The predicted octanol–water partition coefficient (Wildman–Crippen LogP) is 0.768. The highest BCUT2D eigenvalue weighted by Crippen LogP contribution is 2.19. The summed E-state index contributed by atoms with van der Waals surface area (Å²) in [7, 11) is 4.07. The molecule has 6 nitrogen and oxygen atoms in total. The Hall–Kier alpha value is -1.66. The highest BCUT2D eigenvalue weighted by atomic mass is 15.2. The highest BCUT2D eigenvalue weighted by Gasteiger charge is 2.20. The van der Waals surface area contributed by atoms with Crippen LogP contribution in [-0.2, 0) is 20.1 Å². The molecule has 1 atom stereocenters. The van der Waals surface area contributed by atoms with E-state index in [2.05, 4.69) is 33.4 Å². The van der Waals surface area contributed by atoms with Crippen molar-refractivity contribution in [3.63, 3.8) is 0 Å². The Morgan fingerprint density at radius 1 is 1.47 bits per heavy atom. The molecule has 0 aromatic carbocycles. The van der Waals surface area contributed by atoms with E-state index in [1.807, 2.05) is 36.5 Å². The second kappa shape index (κ2) is 5.99. The van der Waals surface area contributed by atoms with Gasteiger partial charge >= 0.3 is 0 Å². The zero-order chi connectivity index (χ0) is 13.8. The van der Waals surface area contributed by atoms with Crippen LogP contribution in [-0.4, -0.2) is 37.6 Å². The van der Waals surface area contributed by atoms with Crippen molar-refractivity contribution in [2.24, 2.45) is 12.8 Å². The van der Waals surface area contributed by atoms with Crippen LogP contribution >= 0.6 is 0 Å². The quantitative estimate of drug-likeness (QED) is 0.835. The summed E-state index contributed by atoms with van der Waals surface area (Å²) in [6.07, 6.45) is 7.52. The summed E-state index contributed by atoms with van der Waals surface area (Å²) < 4.78 is 4.16. The van der Waals surface area contributed by atoms with E-state index in [0.717, 1.165) is 24.6 Å². The summed E-state index contributed by atoms with van der Waals surface area (Å²) in [5.74, 6) is 1.03. The monoisotopic (exact) mass is 262 g/mol. The third-order valence-electron chi connectivity index (χ3n) is 3.49. The third-order valence-corrected chi connectivity index (χ3v) is 3.49. The van der Waals surface area contributed by atoms with E-state index in [-0.39, 0.29) is 6.04 Å². The number of nitrogens with two attached hydrogens (primary N) is 1. The molecule has 0 aliphatic rings. The number of likely N-dealkylation sites (N-methyl/N-ethyl adjacent to an activating group) is 1. The fourth-order valence-electron chi connectivity index (χ4n) is 2.28. The summed E-state index contributed by atoms with van der Waals surface area (Å²) >= 11 is 0. The molecule has 2 aromatic rings. The van der Waals surface area contributed by atoms with Gasteiger partial charge in [-0.05, 0) is 14.0 Å². The molecule has 0 spiro atoms. The third kappa shape index (κ3) is 2.85. The summed E-state index contributed by atoms with van der Waals surface area (Å²) in [6.45, 7) is 4.34. The van der Waals surface area contributed by atoms with E-state index in [4.69, 9.17) is 5.73 Å². The lowest BCUT2D eigenvalue weighted by atomic mass is 10.2. The van der Waals surface area contributed by atoms with Crippen molar-refractivity contribution in [2.75, 3.05) is 13.6 Å². The van der Waals surface area contributed by atoms with Crippen molar-refractivity contribution < 1.29 is 0 Å². The van der Waals surface area contributed by atoms with Gasteiger partial charge in [0.2, 0.25) is 0 Å². The van der Waals surface area contributed by atoms with Gasteiger partial charge in [-0.1, -0.05) is 0 Å². The summed E-state index contributed by atoms with van der Waals surface area (Å²) in [5.41, 5.74) is 7.10. The van der Waals surface area contributed by atoms with E-state index < -0.39 is 0 Å². The number of imidazole rings is 2. The molecule has 2 rings (SSSR count). The number of aromatic nitrogens is 4. The standard InChI is InChI=1S/C13H22N6/c1-4-19-10-15-8-12(19)11(7-14)18(3)9-13-16-5-6-17(13)2/h5-6,8,10-11H,4,7,9,14H2,1-3H3. The predicted molar refractivity (Wildman–Crippen MR) is 74.4 cm³/mol. The Morgan fingerprint density at radius 2 is 2.26 bits per heavy atom. The molecule has 0 amide bonds. The molecule has 0 radical (unpaired) electrons. The maximum atomic E-state index is 5.95. The van der Waals surface area contributed by atoms with Gasteiger partial charge in [0.15, 0.2) is 0 Å². The van der Waals surface area contributed by atoms with Crippen molar-refractivity contribution in [3.05, 3.63) is 36.4 Å². The fraction of sp³-hybridized carbons (Fsp3) is 0.538. The Labute approximate surface area is 113 Å². The van der Waals surface area contributed by atoms with Gasteiger partial charge in [-0.2, -0.15) is 0 Å². The Bertz CT molecular complexity index is 515. The first kappa shape index (κ1) is 13.8. The summed E-state index contributed by atoms with van der Waals surface area (Å²) in [4.78, 5) is 10.8. The lowest BCUT2D eigenvalue weighted by molar-refractivity contribution is 0.225. The molecule has 19 heavy (non-hydrogen) atoms. The number of hydrogen-bond donors (Lipinski definition) is 1. The first-order valence-electron chi connectivity index (χ1n) is 6.53. The molecule has 2 N–H and O–H groups in total. The number of nitrogens with zero attached hydrogens (tertiary/aromatic N) is 5. The van der Waals surface area contributed by atoms with Crippen LogP contribution in [0.15, 0.2) is 24.9 Å². The van der Waals surface area contributed by atoms with E-state index in [9.17, 15) is 0 Å². The van der Waals surface area contributed by atoms with Gasteiger partial charge in [0.1, 0.15) is 5.82 Å². The topological polar surface area (TPSA) is 64.9 Å². The van der Waals surface area contributed by atoms with Crippen LogP contribution in [0.4, 0.5) is 0 Å². The fourth-order valence-corrected chi connectivity index (χ4v) is 2.28.